The summed E-state index contributed by atoms with van der Waals surface area (Å²) in [5, 5.41) is 0. The zero-order valence-corrected chi connectivity index (χ0v) is 14.5. The van der Waals surface area contributed by atoms with Gasteiger partial charge in [0.05, 0.1) is 11.0 Å². The maximum Gasteiger partial charge on any atom is 0.323 e. The van der Waals surface area contributed by atoms with Gasteiger partial charge in [-0.2, -0.15) is 0 Å². The number of aromatic amines is 2. The number of nitrogens with one attached hydrogen (secondary N) is 2. The van der Waals surface area contributed by atoms with E-state index in [1.165, 1.54) is 11.1 Å². The number of likely N-dealkylation sites (tertiary alicyclic amines) is 1. The molecule has 0 saturated carbocycles. The van der Waals surface area contributed by atoms with Crippen molar-refractivity contribution in [2.24, 2.45) is 0 Å². The number of carbonyl (C=O) groups excluding carboxylic acids is 1. The second-order valence-electron chi connectivity index (χ2n) is 7.39. The van der Waals surface area contributed by atoms with Gasteiger partial charge in [0.25, 0.3) is 5.91 Å². The number of imidazole rings is 1. The van der Waals surface area contributed by atoms with Crippen molar-refractivity contribution in [1.82, 2.24) is 14.9 Å². The van der Waals surface area contributed by atoms with Crippen LogP contribution in [0.5, 0.6) is 0 Å². The van der Waals surface area contributed by atoms with Gasteiger partial charge in [-0.05, 0) is 55.0 Å². The molecule has 0 bridgehead atoms. The fraction of sp³-hybridized carbons (Fsp3) is 0.333. The lowest BCUT2D eigenvalue weighted by Gasteiger charge is -2.45. The van der Waals surface area contributed by atoms with Crippen molar-refractivity contribution in [3.05, 3.63) is 69.6 Å². The number of hydrogen-bond donors (Lipinski definition) is 2. The third-order valence-corrected chi connectivity index (χ3v) is 5.97. The lowest BCUT2D eigenvalue weighted by molar-refractivity contribution is 0.0547. The van der Waals surface area contributed by atoms with Gasteiger partial charge in [-0.3, -0.25) is 4.79 Å². The van der Waals surface area contributed by atoms with Gasteiger partial charge in [-0.1, -0.05) is 24.3 Å². The summed E-state index contributed by atoms with van der Waals surface area (Å²) in [6.07, 6.45) is 4.24. The highest BCUT2D eigenvalue weighted by Crippen LogP contribution is 2.41. The van der Waals surface area contributed by atoms with Gasteiger partial charge in [0.2, 0.25) is 0 Å². The van der Waals surface area contributed by atoms with Crippen LogP contribution in [0, 0.1) is 0 Å². The lowest BCUT2D eigenvalue weighted by atomic mass is 9.74. The summed E-state index contributed by atoms with van der Waals surface area (Å²) in [7, 11) is 0. The standard InChI is InChI=1S/C21H21N3O2/c25-20(14-7-9-17-18(12-14)23-21(26)22-17)24-11-3-6-16-15-5-2-1-4-13(15)8-10-19(16)24/h1-2,4-5,7,9,12,16,19H,3,6,8,10-11H2,(H2,22,23,26)/t16-,19+/m1/s1. The molecule has 0 radical (unpaired) electrons. The molecule has 3 aromatic rings. The largest absolute Gasteiger partial charge is 0.335 e. The summed E-state index contributed by atoms with van der Waals surface area (Å²) in [4.78, 5) is 32.2. The van der Waals surface area contributed by atoms with Crippen molar-refractivity contribution >= 4 is 16.9 Å². The average molecular weight is 347 g/mol. The molecule has 1 fully saturated rings. The van der Waals surface area contributed by atoms with Crippen LogP contribution in [0.3, 0.4) is 0 Å². The summed E-state index contributed by atoms with van der Waals surface area (Å²) in [6.45, 7) is 0.809. The number of fused-ring (bicyclic) bond motifs is 4. The first-order valence-electron chi connectivity index (χ1n) is 9.31. The molecule has 2 heterocycles. The SMILES string of the molecule is O=C(c1ccc2[nH]c(=O)[nH]c2c1)N1CCC[C@@H]2c3ccccc3CC[C@@H]21. The number of benzene rings is 2. The van der Waals surface area contributed by atoms with Crippen LogP contribution in [0.1, 0.15) is 46.7 Å². The second kappa shape index (κ2) is 5.87. The molecule has 2 atom stereocenters. The van der Waals surface area contributed by atoms with E-state index in [2.05, 4.69) is 39.1 Å². The highest BCUT2D eigenvalue weighted by molar-refractivity contribution is 5.97. The van der Waals surface area contributed by atoms with Gasteiger partial charge in [0, 0.05) is 24.1 Å². The summed E-state index contributed by atoms with van der Waals surface area (Å²) in [5.41, 5.74) is 4.68. The molecule has 1 saturated heterocycles. The minimum absolute atomic E-state index is 0.0723. The topological polar surface area (TPSA) is 69.0 Å². The fourth-order valence-electron chi connectivity index (χ4n) is 4.79. The quantitative estimate of drug-likeness (QED) is 0.710. The Hall–Kier alpha value is -2.82. The monoisotopic (exact) mass is 347 g/mol. The van der Waals surface area contributed by atoms with Crippen LogP contribution in [0.15, 0.2) is 47.3 Å². The van der Waals surface area contributed by atoms with Crippen LogP contribution < -0.4 is 5.69 Å². The zero-order valence-electron chi connectivity index (χ0n) is 14.5. The molecule has 5 nitrogen and oxygen atoms in total. The smallest absolute Gasteiger partial charge is 0.323 e. The Kier molecular flexibility index (Phi) is 3.48. The minimum Gasteiger partial charge on any atom is -0.335 e. The molecule has 2 N–H and O–H groups in total. The third-order valence-electron chi connectivity index (χ3n) is 5.97. The van der Waals surface area contributed by atoms with Gasteiger partial charge in [0.1, 0.15) is 0 Å². The van der Waals surface area contributed by atoms with Crippen molar-refractivity contribution in [1.29, 1.82) is 0 Å². The Labute approximate surface area is 151 Å². The number of nitrogens with zero attached hydrogens (tertiary/aromatic N) is 1. The number of piperidine rings is 1. The molecule has 0 unspecified atom stereocenters. The van der Waals surface area contributed by atoms with Gasteiger partial charge in [-0.25, -0.2) is 4.79 Å². The van der Waals surface area contributed by atoms with Crippen LogP contribution >= 0.6 is 0 Å². The molecule has 1 amide bonds. The van der Waals surface area contributed by atoms with Crippen LogP contribution in [-0.4, -0.2) is 33.4 Å². The summed E-state index contributed by atoms with van der Waals surface area (Å²) in [5.74, 6) is 0.511. The molecule has 1 aromatic heterocycles. The predicted octanol–water partition coefficient (Wildman–Crippen LogP) is 3.19. The van der Waals surface area contributed by atoms with Gasteiger partial charge < -0.3 is 14.9 Å². The Morgan fingerprint density at radius 2 is 1.88 bits per heavy atom. The predicted molar refractivity (Wildman–Crippen MR) is 100 cm³/mol. The maximum atomic E-state index is 13.2. The van der Waals surface area contributed by atoms with Gasteiger partial charge >= 0.3 is 5.69 Å². The minimum atomic E-state index is -0.244. The normalized spacial score (nSPS) is 22.1. The number of amides is 1. The molecule has 26 heavy (non-hydrogen) atoms. The van der Waals surface area contributed by atoms with E-state index in [9.17, 15) is 9.59 Å². The fourth-order valence-corrected chi connectivity index (χ4v) is 4.79. The van der Waals surface area contributed by atoms with E-state index in [0.717, 1.165) is 37.7 Å². The molecule has 5 rings (SSSR count). The molecule has 2 aromatic carbocycles. The number of aromatic nitrogens is 2. The number of rotatable bonds is 1. The van der Waals surface area contributed by atoms with Crippen molar-refractivity contribution in [2.75, 3.05) is 6.54 Å². The Morgan fingerprint density at radius 1 is 1.04 bits per heavy atom. The van der Waals surface area contributed by atoms with E-state index in [1.54, 1.807) is 12.1 Å². The van der Waals surface area contributed by atoms with E-state index in [0.29, 0.717) is 17.0 Å². The molecule has 1 aliphatic heterocycles. The molecular weight excluding hydrogens is 326 g/mol. The van der Waals surface area contributed by atoms with Gasteiger partial charge in [-0.15, -0.1) is 0 Å². The second-order valence-corrected chi connectivity index (χ2v) is 7.39. The third kappa shape index (κ3) is 2.38. The Morgan fingerprint density at radius 3 is 2.81 bits per heavy atom. The molecule has 5 heteroatoms. The molecular formula is C21H21N3O2. The highest BCUT2D eigenvalue weighted by Gasteiger charge is 2.38. The number of aryl methyl sites for hydroxylation is 1. The van der Waals surface area contributed by atoms with Crippen LogP contribution in [0.2, 0.25) is 0 Å². The molecule has 2 aliphatic rings. The van der Waals surface area contributed by atoms with Crippen molar-refractivity contribution < 1.29 is 4.79 Å². The number of H-pyrrole nitrogens is 2. The summed E-state index contributed by atoms with van der Waals surface area (Å²) >= 11 is 0. The maximum absolute atomic E-state index is 13.2. The van der Waals surface area contributed by atoms with E-state index >= 15 is 0 Å². The van der Waals surface area contributed by atoms with E-state index < -0.39 is 0 Å². The van der Waals surface area contributed by atoms with Crippen molar-refractivity contribution in [3.63, 3.8) is 0 Å². The number of hydrogen-bond acceptors (Lipinski definition) is 2. The summed E-state index contributed by atoms with van der Waals surface area (Å²) in [6, 6.07) is 14.4. The molecule has 1 aliphatic carbocycles. The van der Waals surface area contributed by atoms with Crippen LogP contribution in [-0.2, 0) is 6.42 Å². The average Bonchev–Trinajstić information content (AvgIpc) is 3.06. The van der Waals surface area contributed by atoms with E-state index in [4.69, 9.17) is 0 Å². The van der Waals surface area contributed by atoms with E-state index in [-0.39, 0.29) is 17.6 Å². The first-order valence-corrected chi connectivity index (χ1v) is 9.31. The number of carbonyl (C=O) groups is 1. The first-order chi connectivity index (χ1) is 12.7. The zero-order chi connectivity index (χ0) is 17.7. The van der Waals surface area contributed by atoms with Crippen molar-refractivity contribution in [3.8, 4) is 0 Å². The Bertz CT molecular complexity index is 1050. The Balaban J connectivity index is 1.49. The highest BCUT2D eigenvalue weighted by atomic mass is 16.2. The van der Waals surface area contributed by atoms with Crippen molar-refractivity contribution in [2.45, 2.75) is 37.6 Å². The summed E-state index contributed by atoms with van der Waals surface area (Å²) < 4.78 is 0. The first kappa shape index (κ1) is 15.4. The van der Waals surface area contributed by atoms with Gasteiger partial charge in [0.15, 0.2) is 0 Å². The van der Waals surface area contributed by atoms with E-state index in [1.807, 2.05) is 6.07 Å². The lowest BCUT2D eigenvalue weighted by Crippen LogP contribution is -2.49. The molecule has 0 spiro atoms. The molecule has 132 valence electrons. The van der Waals surface area contributed by atoms with Crippen LogP contribution in [0.25, 0.3) is 11.0 Å². The van der Waals surface area contributed by atoms with Crippen LogP contribution in [0.4, 0.5) is 0 Å².